The molecule has 0 aromatic carbocycles. The van der Waals surface area contributed by atoms with Gasteiger partial charge in [-0.25, -0.2) is 0 Å². The Kier molecular flexibility index (Phi) is 3.61. The summed E-state index contributed by atoms with van der Waals surface area (Å²) in [6.45, 7) is 6.06. The molecule has 1 fully saturated rings. The van der Waals surface area contributed by atoms with Gasteiger partial charge in [0.05, 0.1) is 6.42 Å². The monoisotopic (exact) mass is 227 g/mol. The van der Waals surface area contributed by atoms with Crippen molar-refractivity contribution in [3.05, 3.63) is 0 Å². The molecule has 16 heavy (non-hydrogen) atoms. The summed E-state index contributed by atoms with van der Waals surface area (Å²) in [4.78, 5) is 22.4. The second kappa shape index (κ2) is 4.44. The van der Waals surface area contributed by atoms with Gasteiger partial charge in [-0.05, 0) is 18.3 Å². The van der Waals surface area contributed by atoms with Crippen LogP contribution in [0.2, 0.25) is 0 Å². The molecule has 0 heterocycles. The SMILES string of the molecule is CC(C)(C)C(=O)NCC1(CC(=O)O)CCC1. The fourth-order valence-electron chi connectivity index (χ4n) is 1.95. The van der Waals surface area contributed by atoms with E-state index in [1.165, 1.54) is 0 Å². The van der Waals surface area contributed by atoms with E-state index in [4.69, 9.17) is 5.11 Å². The Morgan fingerprint density at radius 2 is 1.88 bits per heavy atom. The number of carbonyl (C=O) groups is 2. The van der Waals surface area contributed by atoms with Gasteiger partial charge in [-0.3, -0.25) is 9.59 Å². The number of nitrogens with one attached hydrogen (secondary N) is 1. The Bertz CT molecular complexity index is 287. The average Bonchev–Trinajstić information content (AvgIpc) is 2.06. The fourth-order valence-corrected chi connectivity index (χ4v) is 1.95. The van der Waals surface area contributed by atoms with E-state index in [-0.39, 0.29) is 17.7 Å². The van der Waals surface area contributed by atoms with Crippen molar-refractivity contribution < 1.29 is 14.7 Å². The van der Waals surface area contributed by atoms with Crippen molar-refractivity contribution in [2.24, 2.45) is 10.8 Å². The van der Waals surface area contributed by atoms with Gasteiger partial charge in [0.2, 0.25) is 5.91 Å². The first kappa shape index (κ1) is 13.0. The van der Waals surface area contributed by atoms with E-state index in [0.29, 0.717) is 6.54 Å². The summed E-state index contributed by atoms with van der Waals surface area (Å²) in [5.41, 5.74) is -0.596. The van der Waals surface area contributed by atoms with E-state index in [1.807, 2.05) is 20.8 Å². The Hall–Kier alpha value is -1.06. The number of aliphatic carboxylic acids is 1. The van der Waals surface area contributed by atoms with E-state index in [0.717, 1.165) is 19.3 Å². The van der Waals surface area contributed by atoms with E-state index in [2.05, 4.69) is 5.32 Å². The first-order valence-corrected chi connectivity index (χ1v) is 5.75. The van der Waals surface area contributed by atoms with Crippen molar-refractivity contribution in [3.8, 4) is 0 Å². The molecule has 0 spiro atoms. The highest BCUT2D eigenvalue weighted by Crippen LogP contribution is 2.43. The molecule has 1 aliphatic rings. The summed E-state index contributed by atoms with van der Waals surface area (Å²) in [7, 11) is 0. The number of hydrogen-bond donors (Lipinski definition) is 2. The van der Waals surface area contributed by atoms with E-state index >= 15 is 0 Å². The molecule has 2 N–H and O–H groups in total. The van der Waals surface area contributed by atoms with Gasteiger partial charge >= 0.3 is 5.97 Å². The Balaban J connectivity index is 2.46. The third-order valence-corrected chi connectivity index (χ3v) is 3.25. The van der Waals surface area contributed by atoms with E-state index < -0.39 is 11.4 Å². The molecule has 0 aromatic heterocycles. The average molecular weight is 227 g/mol. The quantitative estimate of drug-likeness (QED) is 0.769. The molecule has 0 radical (unpaired) electrons. The Morgan fingerprint density at radius 3 is 2.19 bits per heavy atom. The van der Waals surface area contributed by atoms with Crippen LogP contribution in [0.4, 0.5) is 0 Å². The molecule has 4 nitrogen and oxygen atoms in total. The van der Waals surface area contributed by atoms with Crippen LogP contribution in [0.25, 0.3) is 0 Å². The zero-order valence-electron chi connectivity index (χ0n) is 10.3. The highest BCUT2D eigenvalue weighted by Gasteiger charge is 2.39. The highest BCUT2D eigenvalue weighted by atomic mass is 16.4. The van der Waals surface area contributed by atoms with Gasteiger partial charge in [0, 0.05) is 12.0 Å². The maximum Gasteiger partial charge on any atom is 0.303 e. The van der Waals surface area contributed by atoms with Crippen molar-refractivity contribution in [1.29, 1.82) is 0 Å². The molecule has 0 unspecified atom stereocenters. The molecule has 1 aliphatic carbocycles. The largest absolute Gasteiger partial charge is 0.481 e. The third-order valence-electron chi connectivity index (χ3n) is 3.25. The zero-order chi connectivity index (χ0) is 12.4. The molecule has 0 bridgehead atoms. The summed E-state index contributed by atoms with van der Waals surface area (Å²) >= 11 is 0. The lowest BCUT2D eigenvalue weighted by molar-refractivity contribution is -0.142. The number of carboxylic acid groups (broad SMARTS) is 1. The van der Waals surface area contributed by atoms with Crippen LogP contribution in [-0.4, -0.2) is 23.5 Å². The minimum Gasteiger partial charge on any atom is -0.481 e. The number of hydrogen-bond acceptors (Lipinski definition) is 2. The van der Waals surface area contributed by atoms with Crippen LogP contribution in [0.1, 0.15) is 46.5 Å². The minimum absolute atomic E-state index is 0.0100. The van der Waals surface area contributed by atoms with Gasteiger partial charge in [0.1, 0.15) is 0 Å². The van der Waals surface area contributed by atoms with E-state index in [1.54, 1.807) is 0 Å². The van der Waals surface area contributed by atoms with Crippen LogP contribution in [0.15, 0.2) is 0 Å². The fraction of sp³-hybridized carbons (Fsp3) is 0.833. The van der Waals surface area contributed by atoms with Crippen molar-refractivity contribution in [2.45, 2.75) is 46.5 Å². The summed E-state index contributed by atoms with van der Waals surface area (Å²) in [5, 5.41) is 11.7. The van der Waals surface area contributed by atoms with Gasteiger partial charge in [0.15, 0.2) is 0 Å². The second-order valence-corrected chi connectivity index (χ2v) is 5.86. The van der Waals surface area contributed by atoms with Gasteiger partial charge in [0.25, 0.3) is 0 Å². The molecular weight excluding hydrogens is 206 g/mol. The van der Waals surface area contributed by atoms with Crippen LogP contribution in [0.3, 0.4) is 0 Å². The third kappa shape index (κ3) is 3.22. The van der Waals surface area contributed by atoms with Crippen LogP contribution >= 0.6 is 0 Å². The van der Waals surface area contributed by atoms with Gasteiger partial charge < -0.3 is 10.4 Å². The number of rotatable bonds is 4. The standard InChI is InChI=1S/C12H21NO3/c1-11(2,3)10(16)13-8-12(5-4-6-12)7-9(14)15/h4-8H2,1-3H3,(H,13,16)(H,14,15). The molecule has 92 valence electrons. The predicted octanol–water partition coefficient (Wildman–Crippen LogP) is 1.79. The summed E-state index contributed by atoms with van der Waals surface area (Å²) in [6.07, 6.45) is 3.05. The maximum absolute atomic E-state index is 11.7. The summed E-state index contributed by atoms with van der Waals surface area (Å²) in [5.74, 6) is -0.783. The highest BCUT2D eigenvalue weighted by molar-refractivity contribution is 5.81. The van der Waals surface area contributed by atoms with Crippen molar-refractivity contribution in [1.82, 2.24) is 5.32 Å². The lowest BCUT2D eigenvalue weighted by atomic mass is 9.66. The molecule has 0 aromatic rings. The van der Waals surface area contributed by atoms with Crippen molar-refractivity contribution >= 4 is 11.9 Å². The lowest BCUT2D eigenvalue weighted by Crippen LogP contribution is -2.46. The van der Waals surface area contributed by atoms with Crippen molar-refractivity contribution in [2.75, 3.05) is 6.54 Å². The molecule has 4 heteroatoms. The minimum atomic E-state index is -0.773. The topological polar surface area (TPSA) is 66.4 Å². The van der Waals surface area contributed by atoms with Gasteiger partial charge in [-0.1, -0.05) is 27.2 Å². The smallest absolute Gasteiger partial charge is 0.303 e. The van der Waals surface area contributed by atoms with Crippen LogP contribution < -0.4 is 5.32 Å². The van der Waals surface area contributed by atoms with E-state index in [9.17, 15) is 9.59 Å². The first-order chi connectivity index (χ1) is 7.25. The van der Waals surface area contributed by atoms with Gasteiger partial charge in [-0.2, -0.15) is 0 Å². The molecule has 1 saturated carbocycles. The first-order valence-electron chi connectivity index (χ1n) is 5.75. The Morgan fingerprint density at radius 1 is 1.31 bits per heavy atom. The lowest BCUT2D eigenvalue weighted by Gasteiger charge is -2.41. The Labute approximate surface area is 96.4 Å². The molecule has 0 saturated heterocycles. The maximum atomic E-state index is 11.7. The molecule has 0 aliphatic heterocycles. The molecule has 1 rings (SSSR count). The number of carbonyl (C=O) groups excluding carboxylic acids is 1. The van der Waals surface area contributed by atoms with Crippen LogP contribution in [-0.2, 0) is 9.59 Å². The predicted molar refractivity (Wildman–Crippen MR) is 61.0 cm³/mol. The molecular formula is C12H21NO3. The van der Waals surface area contributed by atoms with Crippen LogP contribution in [0.5, 0.6) is 0 Å². The van der Waals surface area contributed by atoms with Crippen molar-refractivity contribution in [3.63, 3.8) is 0 Å². The second-order valence-electron chi connectivity index (χ2n) is 5.86. The summed E-state index contributed by atoms with van der Waals surface area (Å²) < 4.78 is 0. The van der Waals surface area contributed by atoms with Gasteiger partial charge in [-0.15, -0.1) is 0 Å². The molecule has 0 atom stereocenters. The summed E-state index contributed by atoms with van der Waals surface area (Å²) in [6, 6.07) is 0. The van der Waals surface area contributed by atoms with Crippen LogP contribution in [0, 0.1) is 10.8 Å². The normalized spacial score (nSPS) is 18.7. The number of carboxylic acids is 1. The number of amides is 1. The zero-order valence-corrected chi connectivity index (χ0v) is 10.3. The molecule has 1 amide bonds.